The monoisotopic (exact) mass is 195 g/mol. The van der Waals surface area contributed by atoms with E-state index >= 15 is 0 Å². The van der Waals surface area contributed by atoms with Gasteiger partial charge in [-0.2, -0.15) is 0 Å². The lowest BCUT2D eigenvalue weighted by Gasteiger charge is -2.50. The van der Waals surface area contributed by atoms with Crippen molar-refractivity contribution in [3.05, 3.63) is 0 Å². The lowest BCUT2D eigenvalue weighted by molar-refractivity contribution is -0.0656. The van der Waals surface area contributed by atoms with E-state index < -0.39 is 0 Å². The summed E-state index contributed by atoms with van der Waals surface area (Å²) in [5.74, 6) is 0.598. The van der Waals surface area contributed by atoms with E-state index in [9.17, 15) is 5.11 Å². The summed E-state index contributed by atoms with van der Waals surface area (Å²) in [6, 6.07) is 1.59. The van der Waals surface area contributed by atoms with Crippen molar-refractivity contribution in [2.24, 2.45) is 5.92 Å². The molecule has 2 aliphatic heterocycles. The first kappa shape index (κ1) is 9.17. The van der Waals surface area contributed by atoms with Crippen LogP contribution in [0.5, 0.6) is 0 Å². The number of aliphatic hydroxyl groups is 1. The van der Waals surface area contributed by atoms with Crippen molar-refractivity contribution in [1.29, 1.82) is 0 Å². The van der Waals surface area contributed by atoms with Crippen LogP contribution >= 0.6 is 0 Å². The van der Waals surface area contributed by atoms with Gasteiger partial charge in [-0.3, -0.25) is 4.90 Å². The van der Waals surface area contributed by atoms with Crippen LogP contribution in [0.25, 0.3) is 0 Å². The minimum atomic E-state index is 0.0198. The molecule has 4 fully saturated rings. The molecule has 0 aromatic heterocycles. The highest BCUT2D eigenvalue weighted by Crippen LogP contribution is 2.39. The highest BCUT2D eigenvalue weighted by atomic mass is 16.3. The maximum Gasteiger partial charge on any atom is 0.0595 e. The van der Waals surface area contributed by atoms with Gasteiger partial charge in [-0.15, -0.1) is 0 Å². The van der Waals surface area contributed by atoms with Crippen molar-refractivity contribution < 1.29 is 5.11 Å². The number of hydrogen-bond donors (Lipinski definition) is 1. The molecule has 4 aliphatic rings. The summed E-state index contributed by atoms with van der Waals surface area (Å²) in [7, 11) is 0. The normalized spacial score (nSPS) is 44.8. The summed E-state index contributed by atoms with van der Waals surface area (Å²) in [5.41, 5.74) is 0. The molecule has 2 saturated carbocycles. The topological polar surface area (TPSA) is 23.5 Å². The molecule has 0 amide bonds. The van der Waals surface area contributed by atoms with Crippen molar-refractivity contribution >= 4 is 0 Å². The molecule has 2 heterocycles. The Morgan fingerprint density at radius 3 is 2.29 bits per heavy atom. The third-order valence-corrected chi connectivity index (χ3v) is 4.64. The Hall–Kier alpha value is -0.0800. The van der Waals surface area contributed by atoms with Gasteiger partial charge in [0.25, 0.3) is 0 Å². The molecule has 1 N–H and O–H groups in total. The number of hydrogen-bond acceptors (Lipinski definition) is 2. The molecular formula is C12H21NO. The number of nitrogens with zero attached hydrogens (tertiary/aromatic N) is 1. The van der Waals surface area contributed by atoms with Crippen LogP contribution in [0.4, 0.5) is 0 Å². The molecule has 2 aliphatic carbocycles. The Morgan fingerprint density at radius 2 is 1.71 bits per heavy atom. The van der Waals surface area contributed by atoms with Crippen LogP contribution < -0.4 is 0 Å². The van der Waals surface area contributed by atoms with Crippen LogP contribution in [0, 0.1) is 5.92 Å². The molecule has 14 heavy (non-hydrogen) atoms. The van der Waals surface area contributed by atoms with Crippen LogP contribution in [0.15, 0.2) is 0 Å². The first-order chi connectivity index (χ1) is 6.84. The standard InChI is InChI=1S/C12H21NO/c14-12-7-11-6-5-9(12)8-13(11)10-3-1-2-4-10/h9-12,14H,1-8H2. The molecule has 2 bridgehead atoms. The predicted octanol–water partition coefficient (Wildman–Crippen LogP) is 1.77. The third kappa shape index (κ3) is 1.40. The SMILES string of the molecule is OC1CC2CCC1CN2C1CCCC1. The van der Waals surface area contributed by atoms with E-state index in [2.05, 4.69) is 4.90 Å². The molecule has 0 spiro atoms. The lowest BCUT2D eigenvalue weighted by Crippen LogP contribution is -2.56. The third-order valence-electron chi connectivity index (χ3n) is 4.64. The maximum atomic E-state index is 9.83. The largest absolute Gasteiger partial charge is 0.393 e. The second-order valence-corrected chi connectivity index (χ2v) is 5.43. The van der Waals surface area contributed by atoms with E-state index in [1.807, 2.05) is 0 Å². The fourth-order valence-electron chi connectivity index (χ4n) is 3.81. The Morgan fingerprint density at radius 1 is 0.929 bits per heavy atom. The second kappa shape index (κ2) is 3.49. The highest BCUT2D eigenvalue weighted by molar-refractivity contribution is 4.96. The van der Waals surface area contributed by atoms with E-state index in [0.717, 1.165) is 18.5 Å². The fraction of sp³-hybridized carbons (Fsp3) is 1.00. The number of piperidine rings is 2. The van der Waals surface area contributed by atoms with E-state index in [-0.39, 0.29) is 6.10 Å². The Kier molecular flexibility index (Phi) is 2.29. The van der Waals surface area contributed by atoms with Gasteiger partial charge in [0.15, 0.2) is 0 Å². The van der Waals surface area contributed by atoms with Gasteiger partial charge in [0, 0.05) is 18.6 Å². The highest BCUT2D eigenvalue weighted by Gasteiger charge is 2.42. The zero-order chi connectivity index (χ0) is 9.54. The molecule has 2 saturated heterocycles. The maximum absolute atomic E-state index is 9.83. The summed E-state index contributed by atoms with van der Waals surface area (Å²) >= 11 is 0. The van der Waals surface area contributed by atoms with Crippen molar-refractivity contribution in [2.75, 3.05) is 6.54 Å². The number of fused-ring (bicyclic) bond motifs is 3. The van der Waals surface area contributed by atoms with E-state index in [1.165, 1.54) is 45.1 Å². The minimum absolute atomic E-state index is 0.0198. The van der Waals surface area contributed by atoms with E-state index in [4.69, 9.17) is 0 Å². The Balaban J connectivity index is 1.70. The van der Waals surface area contributed by atoms with Gasteiger partial charge in [0.2, 0.25) is 0 Å². The summed E-state index contributed by atoms with van der Waals surface area (Å²) in [6.07, 6.45) is 9.39. The molecule has 3 unspecified atom stereocenters. The number of aliphatic hydroxyl groups excluding tert-OH is 1. The summed E-state index contributed by atoms with van der Waals surface area (Å²) in [5, 5.41) is 9.83. The van der Waals surface area contributed by atoms with Gasteiger partial charge in [0.05, 0.1) is 6.10 Å². The second-order valence-electron chi connectivity index (χ2n) is 5.43. The quantitative estimate of drug-likeness (QED) is 0.689. The van der Waals surface area contributed by atoms with Crippen LogP contribution in [-0.2, 0) is 0 Å². The van der Waals surface area contributed by atoms with Crippen molar-refractivity contribution in [1.82, 2.24) is 4.90 Å². The van der Waals surface area contributed by atoms with Crippen LogP contribution in [0.2, 0.25) is 0 Å². The predicted molar refractivity (Wildman–Crippen MR) is 56.1 cm³/mol. The fourth-order valence-corrected chi connectivity index (χ4v) is 3.81. The van der Waals surface area contributed by atoms with Crippen molar-refractivity contribution in [3.8, 4) is 0 Å². The zero-order valence-corrected chi connectivity index (χ0v) is 8.86. The summed E-state index contributed by atoms with van der Waals surface area (Å²) in [4.78, 5) is 2.73. The van der Waals surface area contributed by atoms with Crippen LogP contribution in [0.1, 0.15) is 44.9 Å². The van der Waals surface area contributed by atoms with Gasteiger partial charge in [-0.25, -0.2) is 0 Å². The van der Waals surface area contributed by atoms with Crippen molar-refractivity contribution in [3.63, 3.8) is 0 Å². The lowest BCUT2D eigenvalue weighted by atomic mass is 9.77. The van der Waals surface area contributed by atoms with Crippen LogP contribution in [-0.4, -0.2) is 34.7 Å². The first-order valence-electron chi connectivity index (χ1n) is 6.28. The molecule has 2 nitrogen and oxygen atoms in total. The van der Waals surface area contributed by atoms with E-state index in [0.29, 0.717) is 5.92 Å². The molecule has 0 aromatic rings. The Labute approximate surface area is 86.3 Å². The molecule has 4 rings (SSSR count). The first-order valence-corrected chi connectivity index (χ1v) is 6.28. The van der Waals surface area contributed by atoms with Gasteiger partial charge >= 0.3 is 0 Å². The van der Waals surface area contributed by atoms with Crippen LogP contribution in [0.3, 0.4) is 0 Å². The summed E-state index contributed by atoms with van der Waals surface area (Å²) < 4.78 is 0. The smallest absolute Gasteiger partial charge is 0.0595 e. The molecule has 0 aromatic carbocycles. The zero-order valence-electron chi connectivity index (χ0n) is 8.86. The molecule has 80 valence electrons. The van der Waals surface area contributed by atoms with E-state index in [1.54, 1.807) is 0 Å². The molecule has 0 radical (unpaired) electrons. The molecule has 2 heteroatoms. The number of rotatable bonds is 1. The summed E-state index contributed by atoms with van der Waals surface area (Å²) in [6.45, 7) is 1.19. The van der Waals surface area contributed by atoms with Crippen molar-refractivity contribution in [2.45, 2.75) is 63.1 Å². The van der Waals surface area contributed by atoms with Gasteiger partial charge in [-0.05, 0) is 38.0 Å². The van der Waals surface area contributed by atoms with Gasteiger partial charge in [0.1, 0.15) is 0 Å². The molecule has 3 atom stereocenters. The van der Waals surface area contributed by atoms with Gasteiger partial charge in [-0.1, -0.05) is 12.8 Å². The molecular weight excluding hydrogens is 174 g/mol. The average molecular weight is 195 g/mol. The average Bonchev–Trinajstić information content (AvgIpc) is 2.71. The minimum Gasteiger partial charge on any atom is -0.393 e. The van der Waals surface area contributed by atoms with Gasteiger partial charge < -0.3 is 5.11 Å². The Bertz CT molecular complexity index is 212.